The standard InChI is InChI=1S/C19H16N4O2S/c1-14-21-13-17(22-14)9-8-15-10-16(12-20-11-15)19(24)23-26(2,25)18-6-4-3-5-7-18/h3-7,10-13H,2H2,1H3,(H,21,22)(H,23,24,25). The van der Waals surface area contributed by atoms with Crippen molar-refractivity contribution < 1.29 is 9.00 Å². The maximum Gasteiger partial charge on any atom is 0.264 e. The predicted octanol–water partition coefficient (Wildman–Crippen LogP) is 1.93. The third-order valence-corrected chi connectivity index (χ3v) is 4.98. The van der Waals surface area contributed by atoms with Crippen LogP contribution in [0.15, 0.2) is 59.9 Å². The molecule has 26 heavy (non-hydrogen) atoms. The van der Waals surface area contributed by atoms with Crippen molar-refractivity contribution in [3.8, 4) is 11.8 Å². The smallest absolute Gasteiger partial charge is 0.264 e. The Morgan fingerprint density at radius 2 is 1.96 bits per heavy atom. The highest BCUT2D eigenvalue weighted by Crippen LogP contribution is 2.09. The minimum Gasteiger partial charge on any atom is -0.336 e. The minimum atomic E-state index is -2.95. The Hall–Kier alpha value is -3.37. The summed E-state index contributed by atoms with van der Waals surface area (Å²) in [5, 5.41) is 0. The lowest BCUT2D eigenvalue weighted by Crippen LogP contribution is -2.30. The first kappa shape index (κ1) is 17.5. The van der Waals surface area contributed by atoms with Crippen LogP contribution in [-0.2, 0) is 9.71 Å². The lowest BCUT2D eigenvalue weighted by Gasteiger charge is -2.11. The van der Waals surface area contributed by atoms with Crippen molar-refractivity contribution in [2.45, 2.75) is 11.8 Å². The van der Waals surface area contributed by atoms with E-state index < -0.39 is 15.6 Å². The van der Waals surface area contributed by atoms with Crippen LogP contribution in [0.25, 0.3) is 0 Å². The molecule has 0 saturated heterocycles. The molecule has 6 nitrogen and oxygen atoms in total. The summed E-state index contributed by atoms with van der Waals surface area (Å²) < 4.78 is 15.1. The van der Waals surface area contributed by atoms with E-state index in [1.165, 1.54) is 6.20 Å². The van der Waals surface area contributed by atoms with Gasteiger partial charge in [0, 0.05) is 22.9 Å². The van der Waals surface area contributed by atoms with Gasteiger partial charge in [-0.25, -0.2) is 9.19 Å². The van der Waals surface area contributed by atoms with E-state index in [0.717, 1.165) is 5.82 Å². The molecule has 0 aliphatic rings. The van der Waals surface area contributed by atoms with Crippen molar-refractivity contribution in [1.82, 2.24) is 19.7 Å². The third kappa shape index (κ3) is 4.18. The number of benzene rings is 1. The number of imidazole rings is 1. The number of amides is 1. The van der Waals surface area contributed by atoms with E-state index in [0.29, 0.717) is 16.2 Å². The van der Waals surface area contributed by atoms with E-state index in [-0.39, 0.29) is 5.56 Å². The first-order valence-corrected chi connectivity index (χ1v) is 9.40. The molecule has 2 N–H and O–H groups in total. The molecular weight excluding hydrogens is 348 g/mol. The number of aryl methyl sites for hydroxylation is 1. The molecule has 3 aromatic rings. The summed E-state index contributed by atoms with van der Waals surface area (Å²) >= 11 is 0. The molecule has 0 spiro atoms. The number of aromatic amines is 1. The Balaban J connectivity index is 1.80. The number of hydrogen-bond acceptors (Lipinski definition) is 4. The monoisotopic (exact) mass is 364 g/mol. The van der Waals surface area contributed by atoms with Gasteiger partial charge in [0.1, 0.15) is 11.5 Å². The SMILES string of the molecule is C=S(=O)(NC(=O)c1cncc(C#Cc2cnc(C)[nH]2)c1)c1ccccc1. The van der Waals surface area contributed by atoms with Gasteiger partial charge in [-0.3, -0.25) is 14.5 Å². The minimum absolute atomic E-state index is 0.255. The summed E-state index contributed by atoms with van der Waals surface area (Å²) in [7, 11) is -2.95. The van der Waals surface area contributed by atoms with Crippen molar-refractivity contribution in [2.24, 2.45) is 0 Å². The Bertz CT molecular complexity index is 1110. The van der Waals surface area contributed by atoms with Crippen molar-refractivity contribution >= 4 is 21.5 Å². The molecule has 130 valence electrons. The maximum atomic E-state index is 12.7. The molecule has 2 aromatic heterocycles. The van der Waals surface area contributed by atoms with Gasteiger partial charge in [0.15, 0.2) is 0 Å². The summed E-state index contributed by atoms with van der Waals surface area (Å²) in [6.07, 6.45) is 4.57. The summed E-state index contributed by atoms with van der Waals surface area (Å²) in [6.45, 7) is 1.83. The average Bonchev–Trinajstić information content (AvgIpc) is 3.06. The largest absolute Gasteiger partial charge is 0.336 e. The molecule has 0 fully saturated rings. The fourth-order valence-corrected chi connectivity index (χ4v) is 3.30. The molecule has 0 aliphatic carbocycles. The lowest BCUT2D eigenvalue weighted by molar-refractivity contribution is 0.0982. The molecule has 2 heterocycles. The maximum absolute atomic E-state index is 12.7. The molecule has 0 aliphatic heterocycles. The van der Waals surface area contributed by atoms with E-state index in [1.54, 1.807) is 48.8 Å². The third-order valence-electron chi connectivity index (χ3n) is 3.43. The van der Waals surface area contributed by atoms with Crippen LogP contribution in [0.4, 0.5) is 0 Å². The zero-order valence-electron chi connectivity index (χ0n) is 14.0. The van der Waals surface area contributed by atoms with Gasteiger partial charge in [0.05, 0.1) is 21.5 Å². The number of nitrogens with one attached hydrogen (secondary N) is 2. The second kappa shape index (κ2) is 7.25. The van der Waals surface area contributed by atoms with Gasteiger partial charge in [0.2, 0.25) is 0 Å². The molecule has 1 amide bonds. The van der Waals surface area contributed by atoms with Gasteiger partial charge in [-0.15, -0.1) is 0 Å². The van der Waals surface area contributed by atoms with Crippen LogP contribution in [0.3, 0.4) is 0 Å². The Morgan fingerprint density at radius 3 is 2.65 bits per heavy atom. The first-order valence-electron chi connectivity index (χ1n) is 7.67. The van der Waals surface area contributed by atoms with Crippen molar-refractivity contribution in [3.05, 3.63) is 77.6 Å². The number of nitrogens with zero attached hydrogens (tertiary/aromatic N) is 2. The van der Waals surface area contributed by atoms with Crippen molar-refractivity contribution in [1.29, 1.82) is 0 Å². The van der Waals surface area contributed by atoms with Crippen LogP contribution < -0.4 is 4.72 Å². The first-order chi connectivity index (χ1) is 12.4. The normalized spacial score (nSPS) is 12.5. The summed E-state index contributed by atoms with van der Waals surface area (Å²) in [5.74, 6) is 9.71. The molecule has 1 aromatic carbocycles. The Kier molecular flexibility index (Phi) is 4.87. The van der Waals surface area contributed by atoms with Crippen LogP contribution in [0.1, 0.15) is 27.4 Å². The number of hydrogen-bond donors (Lipinski definition) is 2. The molecule has 0 bridgehead atoms. The number of carbonyl (C=O) groups is 1. The fraction of sp³-hybridized carbons (Fsp3) is 0.0526. The van der Waals surface area contributed by atoms with E-state index >= 15 is 0 Å². The van der Waals surface area contributed by atoms with Gasteiger partial charge >= 0.3 is 0 Å². The number of rotatable bonds is 3. The predicted molar refractivity (Wildman–Crippen MR) is 101 cm³/mol. The second-order valence-corrected chi connectivity index (χ2v) is 7.54. The van der Waals surface area contributed by atoms with Gasteiger partial charge in [0.25, 0.3) is 5.91 Å². The van der Waals surface area contributed by atoms with Crippen molar-refractivity contribution in [2.75, 3.05) is 0 Å². The molecule has 1 unspecified atom stereocenters. The zero-order valence-corrected chi connectivity index (χ0v) is 14.8. The van der Waals surface area contributed by atoms with E-state index in [2.05, 4.69) is 37.4 Å². The highest BCUT2D eigenvalue weighted by Gasteiger charge is 2.13. The number of pyridine rings is 1. The molecular formula is C19H16N4O2S. The highest BCUT2D eigenvalue weighted by atomic mass is 32.2. The number of carbonyl (C=O) groups excluding carboxylic acids is 1. The van der Waals surface area contributed by atoms with Crippen LogP contribution in [0.2, 0.25) is 0 Å². The topological polar surface area (TPSA) is 87.7 Å². The van der Waals surface area contributed by atoms with Gasteiger partial charge in [-0.1, -0.05) is 24.1 Å². The van der Waals surface area contributed by atoms with Gasteiger partial charge < -0.3 is 4.98 Å². The number of H-pyrrole nitrogens is 1. The Morgan fingerprint density at radius 1 is 1.19 bits per heavy atom. The van der Waals surface area contributed by atoms with Gasteiger partial charge in [-0.05, 0) is 36.9 Å². The summed E-state index contributed by atoms with van der Waals surface area (Å²) in [6, 6.07) is 10.2. The lowest BCUT2D eigenvalue weighted by atomic mass is 10.2. The molecule has 0 saturated carbocycles. The zero-order chi connectivity index (χ0) is 18.6. The van der Waals surface area contributed by atoms with Crippen LogP contribution in [0, 0.1) is 18.8 Å². The number of aromatic nitrogens is 3. The van der Waals surface area contributed by atoms with Crippen LogP contribution in [-0.4, -0.2) is 30.9 Å². The van der Waals surface area contributed by atoms with Crippen LogP contribution in [0.5, 0.6) is 0 Å². The van der Waals surface area contributed by atoms with E-state index in [4.69, 9.17) is 0 Å². The summed E-state index contributed by atoms with van der Waals surface area (Å²) in [4.78, 5) is 24.0. The van der Waals surface area contributed by atoms with Gasteiger partial charge in [-0.2, -0.15) is 0 Å². The average molecular weight is 364 g/mol. The molecule has 1 atom stereocenters. The highest BCUT2D eigenvalue weighted by molar-refractivity contribution is 7.99. The molecule has 7 heteroatoms. The molecule has 3 rings (SSSR count). The van der Waals surface area contributed by atoms with Crippen LogP contribution >= 0.6 is 0 Å². The Labute approximate surface area is 151 Å². The van der Waals surface area contributed by atoms with Crippen molar-refractivity contribution in [3.63, 3.8) is 0 Å². The molecule has 0 radical (unpaired) electrons. The van der Waals surface area contributed by atoms with E-state index in [1.807, 2.05) is 6.92 Å². The fourth-order valence-electron chi connectivity index (χ4n) is 2.16. The van der Waals surface area contributed by atoms with E-state index in [9.17, 15) is 9.00 Å². The second-order valence-electron chi connectivity index (χ2n) is 5.51. The quantitative estimate of drug-likeness (QED) is 0.549. The summed E-state index contributed by atoms with van der Waals surface area (Å²) in [5.41, 5.74) is 1.48.